The minimum absolute atomic E-state index is 0.0473. The number of hydrogen-bond donors (Lipinski definition) is 2. The summed E-state index contributed by atoms with van der Waals surface area (Å²) in [6.07, 6.45) is 1.70. The highest BCUT2D eigenvalue weighted by Gasteiger charge is 2.59. The van der Waals surface area contributed by atoms with Crippen LogP contribution in [0.3, 0.4) is 0 Å². The maximum Gasteiger partial charge on any atom is 0.328 e. The van der Waals surface area contributed by atoms with Gasteiger partial charge in [0, 0.05) is 8.07 Å². The molecule has 2 aliphatic heterocycles. The summed E-state index contributed by atoms with van der Waals surface area (Å²) in [6, 6.07) is 1.10. The van der Waals surface area contributed by atoms with Crippen LogP contribution in [-0.2, 0) is 9.59 Å². The third kappa shape index (κ3) is 1.88. The number of rotatable bonds is 1. The lowest BCUT2D eigenvalue weighted by atomic mass is 9.71. The van der Waals surface area contributed by atoms with E-state index in [4.69, 9.17) is 0 Å². The highest BCUT2D eigenvalue weighted by atomic mass is 28.3. The Morgan fingerprint density at radius 2 is 1.78 bits per heavy atom. The number of nitrogens with one attached hydrogen (secondary N) is 2. The van der Waals surface area contributed by atoms with E-state index in [-0.39, 0.29) is 17.7 Å². The Bertz CT molecular complexity index is 400. The van der Waals surface area contributed by atoms with Crippen molar-refractivity contribution in [2.75, 3.05) is 0 Å². The number of barbiturate groups is 1. The molecule has 0 aromatic rings. The van der Waals surface area contributed by atoms with E-state index < -0.39 is 19.5 Å². The molecule has 1 spiro atoms. The fourth-order valence-corrected chi connectivity index (χ4v) is 6.87. The molecule has 0 aromatic heterocycles. The molecule has 0 aliphatic carbocycles. The molecule has 2 rings (SSSR count). The van der Waals surface area contributed by atoms with Crippen LogP contribution in [-0.4, -0.2) is 25.9 Å². The fraction of sp³-hybridized carbons (Fsp3) is 0.750. The van der Waals surface area contributed by atoms with Gasteiger partial charge in [-0.25, -0.2) is 4.79 Å². The molecular formula is C12H20N2O3Si. The van der Waals surface area contributed by atoms with Gasteiger partial charge in [-0.15, -0.1) is 0 Å². The third-order valence-electron chi connectivity index (χ3n) is 4.38. The Balaban J connectivity index is 2.43. The molecule has 0 saturated carbocycles. The van der Waals surface area contributed by atoms with Crippen LogP contribution in [0.15, 0.2) is 0 Å². The lowest BCUT2D eigenvalue weighted by Gasteiger charge is -2.48. The normalized spacial score (nSPS) is 29.9. The standard InChI is InChI=1S/C12H20N2O3Si/c1-4-8-5-6-18(2,3)7-12(8)9(15)13-11(17)14-10(12)16/h8H,4-7H2,1-3H3,(H2,13,14,15,16,17)/t8-/m1/s1. The summed E-state index contributed by atoms with van der Waals surface area (Å²) in [6.45, 7) is 6.42. The summed E-state index contributed by atoms with van der Waals surface area (Å²) < 4.78 is 0. The van der Waals surface area contributed by atoms with Crippen LogP contribution in [0, 0.1) is 11.3 Å². The van der Waals surface area contributed by atoms with Crippen molar-refractivity contribution < 1.29 is 14.4 Å². The van der Waals surface area contributed by atoms with Crippen LogP contribution in [0.1, 0.15) is 19.8 Å². The average Bonchev–Trinajstić information content (AvgIpc) is 2.25. The van der Waals surface area contributed by atoms with Crippen LogP contribution in [0.4, 0.5) is 4.79 Å². The first-order valence-electron chi connectivity index (χ1n) is 6.49. The first-order chi connectivity index (χ1) is 8.32. The number of carbonyl (C=O) groups excluding carboxylic acids is 3. The van der Waals surface area contributed by atoms with Crippen molar-refractivity contribution in [3.63, 3.8) is 0 Å². The molecular weight excluding hydrogens is 248 g/mol. The van der Waals surface area contributed by atoms with Crippen LogP contribution >= 0.6 is 0 Å². The van der Waals surface area contributed by atoms with Gasteiger partial charge in [-0.05, 0) is 12.0 Å². The van der Waals surface area contributed by atoms with Gasteiger partial charge in [0.2, 0.25) is 11.8 Å². The van der Waals surface area contributed by atoms with Crippen molar-refractivity contribution in [1.82, 2.24) is 10.6 Å². The first kappa shape index (κ1) is 13.3. The SMILES string of the molecule is CC[C@@H]1CC[Si](C)(C)CC12C(=O)NC(=O)NC2=O. The van der Waals surface area contributed by atoms with Crippen LogP contribution in [0.5, 0.6) is 0 Å². The summed E-state index contributed by atoms with van der Waals surface area (Å²) in [5.41, 5.74) is -1.00. The smallest absolute Gasteiger partial charge is 0.277 e. The molecule has 0 bridgehead atoms. The van der Waals surface area contributed by atoms with Gasteiger partial charge in [0.25, 0.3) is 0 Å². The van der Waals surface area contributed by atoms with Crippen molar-refractivity contribution in [2.24, 2.45) is 11.3 Å². The van der Waals surface area contributed by atoms with E-state index >= 15 is 0 Å². The first-order valence-corrected chi connectivity index (χ1v) is 9.90. The number of imide groups is 2. The monoisotopic (exact) mass is 268 g/mol. The largest absolute Gasteiger partial charge is 0.328 e. The summed E-state index contributed by atoms with van der Waals surface area (Å²) in [5, 5.41) is 4.57. The average molecular weight is 268 g/mol. The molecule has 0 radical (unpaired) electrons. The number of hydrogen-bond acceptors (Lipinski definition) is 3. The molecule has 6 heteroatoms. The molecule has 2 aliphatic rings. The summed E-state index contributed by atoms with van der Waals surface area (Å²) in [7, 11) is -1.55. The Kier molecular flexibility index (Phi) is 3.09. The number of carbonyl (C=O) groups is 3. The molecule has 4 amide bonds. The molecule has 18 heavy (non-hydrogen) atoms. The van der Waals surface area contributed by atoms with E-state index in [1.807, 2.05) is 6.92 Å². The molecule has 0 unspecified atom stereocenters. The van der Waals surface area contributed by atoms with Crippen molar-refractivity contribution in [3.8, 4) is 0 Å². The quantitative estimate of drug-likeness (QED) is 0.558. The van der Waals surface area contributed by atoms with Gasteiger partial charge in [0.1, 0.15) is 5.41 Å². The number of amides is 4. The Morgan fingerprint density at radius 1 is 1.22 bits per heavy atom. The topological polar surface area (TPSA) is 75.3 Å². The van der Waals surface area contributed by atoms with Gasteiger partial charge in [-0.3, -0.25) is 20.2 Å². The summed E-state index contributed by atoms with van der Waals surface area (Å²) in [5.74, 6) is -0.724. The van der Waals surface area contributed by atoms with Crippen LogP contribution in [0.25, 0.3) is 0 Å². The lowest BCUT2D eigenvalue weighted by molar-refractivity contribution is -0.147. The third-order valence-corrected chi connectivity index (χ3v) is 7.54. The Labute approximate surface area is 108 Å². The molecule has 1 atom stereocenters. The molecule has 2 heterocycles. The summed E-state index contributed by atoms with van der Waals surface area (Å²) >= 11 is 0. The van der Waals surface area contributed by atoms with Crippen molar-refractivity contribution in [1.29, 1.82) is 0 Å². The van der Waals surface area contributed by atoms with Crippen LogP contribution in [0.2, 0.25) is 25.2 Å². The Hall–Kier alpha value is -1.17. The zero-order valence-electron chi connectivity index (χ0n) is 11.1. The van der Waals surface area contributed by atoms with E-state index in [0.717, 1.165) is 18.9 Å². The second kappa shape index (κ2) is 4.19. The summed E-state index contributed by atoms with van der Waals surface area (Å²) in [4.78, 5) is 35.8. The van der Waals surface area contributed by atoms with E-state index in [9.17, 15) is 14.4 Å². The molecule has 2 saturated heterocycles. The second-order valence-electron chi connectivity index (χ2n) is 6.19. The van der Waals surface area contributed by atoms with E-state index in [0.29, 0.717) is 6.04 Å². The molecule has 2 N–H and O–H groups in total. The van der Waals surface area contributed by atoms with Crippen LogP contribution < -0.4 is 10.6 Å². The van der Waals surface area contributed by atoms with Gasteiger partial charge < -0.3 is 0 Å². The fourth-order valence-electron chi connectivity index (χ4n) is 3.45. The molecule has 100 valence electrons. The molecule has 2 fully saturated rings. The maximum atomic E-state index is 12.3. The number of urea groups is 1. The second-order valence-corrected chi connectivity index (χ2v) is 11.4. The minimum atomic E-state index is -1.55. The zero-order chi connectivity index (χ0) is 13.6. The zero-order valence-corrected chi connectivity index (χ0v) is 12.1. The van der Waals surface area contributed by atoms with Gasteiger partial charge in [0.15, 0.2) is 0 Å². The van der Waals surface area contributed by atoms with Crippen molar-refractivity contribution in [2.45, 2.75) is 44.9 Å². The van der Waals surface area contributed by atoms with E-state index in [2.05, 4.69) is 23.7 Å². The predicted octanol–water partition coefficient (Wildman–Crippen LogP) is 1.48. The van der Waals surface area contributed by atoms with Crippen molar-refractivity contribution >= 4 is 25.9 Å². The Morgan fingerprint density at radius 3 is 2.28 bits per heavy atom. The highest BCUT2D eigenvalue weighted by Crippen LogP contribution is 2.48. The van der Waals surface area contributed by atoms with E-state index in [1.54, 1.807) is 0 Å². The van der Waals surface area contributed by atoms with Gasteiger partial charge in [-0.1, -0.05) is 38.9 Å². The van der Waals surface area contributed by atoms with E-state index in [1.165, 1.54) is 0 Å². The maximum absolute atomic E-state index is 12.3. The predicted molar refractivity (Wildman–Crippen MR) is 69.6 cm³/mol. The van der Waals surface area contributed by atoms with Gasteiger partial charge in [0.05, 0.1) is 0 Å². The van der Waals surface area contributed by atoms with Gasteiger partial charge >= 0.3 is 6.03 Å². The molecule has 5 nitrogen and oxygen atoms in total. The van der Waals surface area contributed by atoms with Crippen molar-refractivity contribution in [3.05, 3.63) is 0 Å². The van der Waals surface area contributed by atoms with Gasteiger partial charge in [-0.2, -0.15) is 0 Å². The lowest BCUT2D eigenvalue weighted by Crippen LogP contribution is -2.67. The minimum Gasteiger partial charge on any atom is -0.277 e. The highest BCUT2D eigenvalue weighted by molar-refractivity contribution is 6.78. The molecule has 0 aromatic carbocycles.